The minimum atomic E-state index is -0.130. The van der Waals surface area contributed by atoms with Crippen LogP contribution in [0.1, 0.15) is 22.8 Å². The number of carbonyl (C=O) groups is 1. The molecule has 4 rings (SSSR count). The van der Waals surface area contributed by atoms with Crippen LogP contribution in [0, 0.1) is 5.92 Å². The van der Waals surface area contributed by atoms with Gasteiger partial charge in [0.2, 0.25) is 0 Å². The van der Waals surface area contributed by atoms with Crippen molar-refractivity contribution in [1.29, 1.82) is 0 Å². The maximum Gasteiger partial charge on any atom is 0.169 e. The molecule has 2 aliphatic rings. The van der Waals surface area contributed by atoms with Gasteiger partial charge in [0.15, 0.2) is 5.78 Å². The second-order valence-electron chi connectivity index (χ2n) is 7.06. The lowest BCUT2D eigenvalue weighted by Gasteiger charge is -2.31. The first kappa shape index (κ1) is 18.7. The third kappa shape index (κ3) is 4.25. The number of benzene rings is 2. The van der Waals surface area contributed by atoms with Gasteiger partial charge in [-0.2, -0.15) is 0 Å². The van der Waals surface area contributed by atoms with Crippen molar-refractivity contribution in [3.8, 4) is 5.75 Å². The summed E-state index contributed by atoms with van der Waals surface area (Å²) in [5, 5.41) is 0. The molecule has 0 aliphatic carbocycles. The van der Waals surface area contributed by atoms with E-state index in [1.54, 1.807) is 0 Å². The maximum absolute atomic E-state index is 12.9. The fraction of sp³-hybridized carbons (Fsp3) is 0.217. The second-order valence-corrected chi connectivity index (χ2v) is 7.97. The first-order valence-corrected chi connectivity index (χ1v) is 10.1. The van der Waals surface area contributed by atoms with Crippen LogP contribution in [0.5, 0.6) is 5.75 Å². The van der Waals surface area contributed by atoms with Gasteiger partial charge in [0, 0.05) is 22.8 Å². The molecule has 0 fully saturated rings. The first-order valence-electron chi connectivity index (χ1n) is 9.27. The average Bonchev–Trinajstić information content (AvgIpc) is 2.73. The Balaban J connectivity index is 1.38. The third-order valence-electron chi connectivity index (χ3n) is 4.89. The molecular formula is C23H21BrN2O2. The minimum absolute atomic E-state index is 0.127. The summed E-state index contributed by atoms with van der Waals surface area (Å²) in [4.78, 5) is 19.5. The van der Waals surface area contributed by atoms with E-state index in [1.165, 1.54) is 5.57 Å². The van der Waals surface area contributed by atoms with Crippen molar-refractivity contribution in [2.24, 2.45) is 10.9 Å². The number of hydrogen-bond acceptors (Lipinski definition) is 4. The lowest BCUT2D eigenvalue weighted by Crippen LogP contribution is -2.40. The number of hydrogen-bond donors (Lipinski definition) is 0. The molecule has 4 nitrogen and oxygen atoms in total. The van der Waals surface area contributed by atoms with Crippen LogP contribution < -0.4 is 4.74 Å². The average molecular weight is 437 g/mol. The molecule has 2 aromatic carbocycles. The van der Waals surface area contributed by atoms with E-state index in [2.05, 4.69) is 31.9 Å². The predicted molar refractivity (Wildman–Crippen MR) is 115 cm³/mol. The number of Topliss-reactive ketones (excluding diaryl/α,β-unsaturated/α-hetero) is 1. The SMILES string of the molecule is CC1=CC2=NCC(C(=O)c3ccc(OCc4ccc(Br)cc4)cc3)CN2C=C1. The fourth-order valence-electron chi connectivity index (χ4n) is 3.27. The van der Waals surface area contributed by atoms with Crippen molar-refractivity contribution < 1.29 is 9.53 Å². The quantitative estimate of drug-likeness (QED) is 0.618. The van der Waals surface area contributed by atoms with Gasteiger partial charge in [0.05, 0.1) is 12.5 Å². The number of carbonyl (C=O) groups excluding carboxylic acids is 1. The van der Waals surface area contributed by atoms with Crippen LogP contribution in [0.4, 0.5) is 0 Å². The number of amidine groups is 1. The molecule has 0 saturated heterocycles. The molecule has 1 unspecified atom stereocenters. The Bertz CT molecular complexity index is 959. The summed E-state index contributed by atoms with van der Waals surface area (Å²) in [6.07, 6.45) is 6.11. The fourth-order valence-corrected chi connectivity index (χ4v) is 3.54. The zero-order valence-corrected chi connectivity index (χ0v) is 17.2. The van der Waals surface area contributed by atoms with Crippen LogP contribution in [-0.2, 0) is 6.61 Å². The van der Waals surface area contributed by atoms with E-state index in [0.717, 1.165) is 21.6 Å². The van der Waals surface area contributed by atoms with E-state index in [-0.39, 0.29) is 11.7 Å². The molecule has 0 saturated carbocycles. The van der Waals surface area contributed by atoms with Gasteiger partial charge in [-0.1, -0.05) is 28.1 Å². The number of ether oxygens (including phenoxy) is 1. The Kier molecular flexibility index (Phi) is 5.44. The van der Waals surface area contributed by atoms with E-state index in [0.29, 0.717) is 25.3 Å². The van der Waals surface area contributed by atoms with E-state index in [4.69, 9.17) is 4.74 Å². The Labute approximate surface area is 173 Å². The van der Waals surface area contributed by atoms with Crippen molar-refractivity contribution in [2.45, 2.75) is 13.5 Å². The van der Waals surface area contributed by atoms with Crippen molar-refractivity contribution in [3.63, 3.8) is 0 Å². The number of allylic oxidation sites excluding steroid dienone is 2. The van der Waals surface area contributed by atoms with Crippen molar-refractivity contribution in [3.05, 3.63) is 88.1 Å². The first-order chi connectivity index (χ1) is 13.6. The van der Waals surface area contributed by atoms with Gasteiger partial charge in [-0.05, 0) is 66.6 Å². The summed E-state index contributed by atoms with van der Waals surface area (Å²) < 4.78 is 6.87. The van der Waals surface area contributed by atoms with Crippen LogP contribution in [0.15, 0.2) is 81.9 Å². The lowest BCUT2D eigenvalue weighted by molar-refractivity contribution is 0.0909. The summed E-state index contributed by atoms with van der Waals surface area (Å²) in [6.45, 7) is 3.74. The molecule has 142 valence electrons. The Hall–Kier alpha value is -2.66. The zero-order valence-electron chi connectivity index (χ0n) is 15.6. The molecule has 2 aromatic rings. The number of ketones is 1. The van der Waals surface area contributed by atoms with E-state index in [9.17, 15) is 4.79 Å². The smallest absolute Gasteiger partial charge is 0.169 e. The lowest BCUT2D eigenvalue weighted by atomic mass is 9.95. The summed E-state index contributed by atoms with van der Waals surface area (Å²) in [6, 6.07) is 15.4. The minimum Gasteiger partial charge on any atom is -0.489 e. The zero-order chi connectivity index (χ0) is 19.5. The summed E-state index contributed by atoms with van der Waals surface area (Å²) in [7, 11) is 0. The molecule has 5 heteroatoms. The van der Waals surface area contributed by atoms with Crippen molar-refractivity contribution >= 4 is 27.5 Å². The molecule has 0 spiro atoms. The standard InChI is InChI=1S/C23H21BrN2O2/c1-16-10-11-26-14-19(13-25-22(26)12-16)23(27)18-4-8-21(9-5-18)28-15-17-2-6-20(24)7-3-17/h2-12,19H,13-15H2,1H3. The molecule has 0 N–H and O–H groups in total. The number of rotatable bonds is 5. The van der Waals surface area contributed by atoms with E-state index >= 15 is 0 Å². The predicted octanol–water partition coefficient (Wildman–Crippen LogP) is 5.01. The highest BCUT2D eigenvalue weighted by Crippen LogP contribution is 2.22. The van der Waals surface area contributed by atoms with Gasteiger partial charge in [0.25, 0.3) is 0 Å². The topological polar surface area (TPSA) is 41.9 Å². The van der Waals surface area contributed by atoms with E-state index < -0.39 is 0 Å². The van der Waals surface area contributed by atoms with Crippen LogP contribution in [0.2, 0.25) is 0 Å². The van der Waals surface area contributed by atoms with Crippen molar-refractivity contribution in [1.82, 2.24) is 4.90 Å². The molecular weight excluding hydrogens is 416 g/mol. The highest BCUT2D eigenvalue weighted by atomic mass is 79.9. The Morgan fingerprint density at radius 1 is 1.18 bits per heavy atom. The van der Waals surface area contributed by atoms with E-state index in [1.807, 2.05) is 67.7 Å². The monoisotopic (exact) mass is 436 g/mol. The van der Waals surface area contributed by atoms with Gasteiger partial charge in [0.1, 0.15) is 18.2 Å². The van der Waals surface area contributed by atoms with Crippen LogP contribution in [0.3, 0.4) is 0 Å². The van der Waals surface area contributed by atoms with Gasteiger partial charge in [-0.3, -0.25) is 9.79 Å². The van der Waals surface area contributed by atoms with Gasteiger partial charge < -0.3 is 9.64 Å². The molecule has 2 aliphatic heterocycles. The van der Waals surface area contributed by atoms with Gasteiger partial charge in [-0.25, -0.2) is 0 Å². The molecule has 0 radical (unpaired) electrons. The molecule has 0 bridgehead atoms. The van der Waals surface area contributed by atoms with Crippen LogP contribution in [0.25, 0.3) is 0 Å². The summed E-state index contributed by atoms with van der Waals surface area (Å²) in [5.74, 6) is 1.69. The van der Waals surface area contributed by atoms with Crippen molar-refractivity contribution in [2.75, 3.05) is 13.1 Å². The van der Waals surface area contributed by atoms with Crippen LogP contribution in [-0.4, -0.2) is 29.6 Å². The number of aliphatic imine (C=N–C) groups is 1. The highest BCUT2D eigenvalue weighted by Gasteiger charge is 2.27. The Morgan fingerprint density at radius 3 is 2.68 bits per heavy atom. The van der Waals surface area contributed by atoms with Gasteiger partial charge in [-0.15, -0.1) is 0 Å². The molecule has 0 amide bonds. The summed E-state index contributed by atoms with van der Waals surface area (Å²) in [5.41, 5.74) is 2.98. The third-order valence-corrected chi connectivity index (χ3v) is 5.42. The molecule has 1 atom stereocenters. The maximum atomic E-state index is 12.9. The molecule has 28 heavy (non-hydrogen) atoms. The molecule has 2 heterocycles. The molecule has 0 aromatic heterocycles. The second kappa shape index (κ2) is 8.15. The number of fused-ring (bicyclic) bond motifs is 1. The normalized spacial score (nSPS) is 18.2. The number of nitrogens with zero attached hydrogens (tertiary/aromatic N) is 2. The van der Waals surface area contributed by atoms with Crippen LogP contribution >= 0.6 is 15.9 Å². The largest absolute Gasteiger partial charge is 0.489 e. The number of halogens is 1. The summed E-state index contributed by atoms with van der Waals surface area (Å²) >= 11 is 3.43. The van der Waals surface area contributed by atoms with Gasteiger partial charge >= 0.3 is 0 Å². The Morgan fingerprint density at radius 2 is 1.93 bits per heavy atom. The highest BCUT2D eigenvalue weighted by molar-refractivity contribution is 9.10.